The summed E-state index contributed by atoms with van der Waals surface area (Å²) in [7, 11) is 0. The Kier molecular flexibility index (Phi) is 7.48. The third-order valence-corrected chi connectivity index (χ3v) is 5.22. The molecule has 1 saturated carbocycles. The predicted molar refractivity (Wildman–Crippen MR) is 89.7 cm³/mol. The normalized spacial score (nSPS) is 29.1. The lowest BCUT2D eigenvalue weighted by atomic mass is 9.82. The third-order valence-electron chi connectivity index (χ3n) is 5.22. The molecule has 2 aliphatic rings. The van der Waals surface area contributed by atoms with Gasteiger partial charge in [0.05, 0.1) is 6.61 Å². The van der Waals surface area contributed by atoms with Crippen molar-refractivity contribution in [1.82, 2.24) is 10.2 Å². The average molecular weight is 296 g/mol. The van der Waals surface area contributed by atoms with Gasteiger partial charge in [-0.05, 0) is 38.0 Å². The first-order chi connectivity index (χ1) is 10.2. The van der Waals surface area contributed by atoms with Crippen molar-refractivity contribution in [3.8, 4) is 0 Å². The molecule has 21 heavy (non-hydrogen) atoms. The van der Waals surface area contributed by atoms with Crippen LogP contribution in [0.5, 0.6) is 0 Å². The molecule has 0 radical (unpaired) electrons. The van der Waals surface area contributed by atoms with E-state index in [0.717, 1.165) is 37.6 Å². The summed E-state index contributed by atoms with van der Waals surface area (Å²) < 4.78 is 5.63. The Hall–Kier alpha value is -0.120. The molecule has 1 N–H and O–H groups in total. The number of ether oxygens (including phenoxy) is 1. The summed E-state index contributed by atoms with van der Waals surface area (Å²) >= 11 is 0. The van der Waals surface area contributed by atoms with Crippen molar-refractivity contribution in [2.45, 2.75) is 71.4 Å². The maximum absolute atomic E-state index is 5.63. The van der Waals surface area contributed by atoms with Crippen LogP contribution in [0, 0.1) is 11.8 Å². The van der Waals surface area contributed by atoms with E-state index in [2.05, 4.69) is 31.0 Å². The molecule has 2 unspecified atom stereocenters. The first-order valence-corrected chi connectivity index (χ1v) is 9.25. The van der Waals surface area contributed by atoms with Crippen molar-refractivity contribution in [2.75, 3.05) is 32.8 Å². The fourth-order valence-corrected chi connectivity index (χ4v) is 4.19. The SMILES string of the molecule is CCOCCN1CC(CC(C)C)NCC1C1CCCCC1. The van der Waals surface area contributed by atoms with E-state index in [1.165, 1.54) is 51.6 Å². The molecule has 0 aromatic heterocycles. The van der Waals surface area contributed by atoms with Gasteiger partial charge >= 0.3 is 0 Å². The van der Waals surface area contributed by atoms with Crippen LogP contribution in [0.25, 0.3) is 0 Å². The highest BCUT2D eigenvalue weighted by molar-refractivity contribution is 4.91. The number of hydrogen-bond donors (Lipinski definition) is 1. The van der Waals surface area contributed by atoms with Gasteiger partial charge in [-0.2, -0.15) is 0 Å². The molecule has 2 atom stereocenters. The van der Waals surface area contributed by atoms with Gasteiger partial charge in [0, 0.05) is 38.3 Å². The Morgan fingerprint density at radius 2 is 1.95 bits per heavy atom. The highest BCUT2D eigenvalue weighted by Crippen LogP contribution is 2.30. The van der Waals surface area contributed by atoms with Gasteiger partial charge in [0.2, 0.25) is 0 Å². The van der Waals surface area contributed by atoms with E-state index in [1.807, 2.05) is 0 Å². The Balaban J connectivity index is 1.90. The molecule has 2 fully saturated rings. The molecule has 0 aromatic carbocycles. The summed E-state index contributed by atoms with van der Waals surface area (Å²) in [6.07, 6.45) is 8.50. The second-order valence-electron chi connectivity index (χ2n) is 7.39. The third kappa shape index (κ3) is 5.54. The van der Waals surface area contributed by atoms with Crippen LogP contribution in [0.3, 0.4) is 0 Å². The zero-order chi connectivity index (χ0) is 15.1. The highest BCUT2D eigenvalue weighted by atomic mass is 16.5. The first kappa shape index (κ1) is 17.2. The summed E-state index contributed by atoms with van der Waals surface area (Å²) in [5.41, 5.74) is 0. The quantitative estimate of drug-likeness (QED) is 0.730. The lowest BCUT2D eigenvalue weighted by molar-refractivity contribution is 0.0361. The van der Waals surface area contributed by atoms with Crippen molar-refractivity contribution in [3.05, 3.63) is 0 Å². The van der Waals surface area contributed by atoms with Gasteiger partial charge in [0.1, 0.15) is 0 Å². The van der Waals surface area contributed by atoms with E-state index < -0.39 is 0 Å². The van der Waals surface area contributed by atoms with Crippen LogP contribution < -0.4 is 5.32 Å². The van der Waals surface area contributed by atoms with E-state index in [9.17, 15) is 0 Å². The number of rotatable bonds is 7. The second kappa shape index (κ2) is 9.12. The zero-order valence-corrected chi connectivity index (χ0v) is 14.4. The van der Waals surface area contributed by atoms with E-state index in [-0.39, 0.29) is 0 Å². The van der Waals surface area contributed by atoms with Crippen molar-refractivity contribution in [3.63, 3.8) is 0 Å². The molecule has 124 valence electrons. The van der Waals surface area contributed by atoms with Gasteiger partial charge in [-0.3, -0.25) is 4.90 Å². The number of hydrogen-bond acceptors (Lipinski definition) is 3. The standard InChI is InChI=1S/C18H36N2O/c1-4-21-11-10-20-14-17(12-15(2)3)19-13-18(20)16-8-6-5-7-9-16/h15-19H,4-14H2,1-3H3. The van der Waals surface area contributed by atoms with Gasteiger partial charge in [0.15, 0.2) is 0 Å². The second-order valence-corrected chi connectivity index (χ2v) is 7.39. The molecular formula is C18H36N2O. The number of piperazine rings is 1. The summed E-state index contributed by atoms with van der Waals surface area (Å²) in [4.78, 5) is 2.75. The summed E-state index contributed by atoms with van der Waals surface area (Å²) in [6.45, 7) is 12.0. The molecular weight excluding hydrogens is 260 g/mol. The highest BCUT2D eigenvalue weighted by Gasteiger charge is 2.33. The van der Waals surface area contributed by atoms with Gasteiger partial charge in [-0.25, -0.2) is 0 Å². The monoisotopic (exact) mass is 296 g/mol. The first-order valence-electron chi connectivity index (χ1n) is 9.25. The Morgan fingerprint density at radius 3 is 2.62 bits per heavy atom. The van der Waals surface area contributed by atoms with Crippen molar-refractivity contribution in [1.29, 1.82) is 0 Å². The molecule has 2 rings (SSSR count). The topological polar surface area (TPSA) is 24.5 Å². The van der Waals surface area contributed by atoms with Crippen molar-refractivity contribution >= 4 is 0 Å². The number of nitrogens with one attached hydrogen (secondary N) is 1. The van der Waals surface area contributed by atoms with Crippen LogP contribution in [0.15, 0.2) is 0 Å². The van der Waals surface area contributed by atoms with Gasteiger partial charge in [0.25, 0.3) is 0 Å². The minimum Gasteiger partial charge on any atom is -0.380 e. The average Bonchev–Trinajstić information content (AvgIpc) is 2.48. The van der Waals surface area contributed by atoms with Crippen LogP contribution in [-0.2, 0) is 4.74 Å². The predicted octanol–water partition coefficient (Wildman–Crippen LogP) is 3.29. The van der Waals surface area contributed by atoms with E-state index >= 15 is 0 Å². The lowest BCUT2D eigenvalue weighted by Crippen LogP contribution is -2.59. The molecule has 3 nitrogen and oxygen atoms in total. The molecule has 0 aromatic rings. The van der Waals surface area contributed by atoms with E-state index in [4.69, 9.17) is 4.74 Å². The smallest absolute Gasteiger partial charge is 0.0593 e. The molecule has 0 amide bonds. The molecule has 1 aliphatic heterocycles. The van der Waals surface area contributed by atoms with Gasteiger partial charge < -0.3 is 10.1 Å². The maximum Gasteiger partial charge on any atom is 0.0593 e. The fraction of sp³-hybridized carbons (Fsp3) is 1.00. The summed E-state index contributed by atoms with van der Waals surface area (Å²) in [6, 6.07) is 1.42. The molecule has 0 bridgehead atoms. The lowest BCUT2D eigenvalue weighted by Gasteiger charge is -2.45. The Labute approximate surface area is 131 Å². The number of nitrogens with zero attached hydrogens (tertiary/aromatic N) is 1. The van der Waals surface area contributed by atoms with Crippen molar-refractivity contribution in [2.24, 2.45) is 11.8 Å². The molecule has 1 saturated heterocycles. The van der Waals surface area contributed by atoms with Crippen LogP contribution in [0.4, 0.5) is 0 Å². The summed E-state index contributed by atoms with van der Waals surface area (Å²) in [5, 5.41) is 3.84. The van der Waals surface area contributed by atoms with Crippen LogP contribution in [-0.4, -0.2) is 49.8 Å². The minimum atomic E-state index is 0.673. The molecule has 0 spiro atoms. The Bertz CT molecular complexity index is 276. The van der Waals surface area contributed by atoms with Gasteiger partial charge in [-0.1, -0.05) is 33.1 Å². The van der Waals surface area contributed by atoms with Crippen LogP contribution in [0.1, 0.15) is 59.3 Å². The van der Waals surface area contributed by atoms with E-state index in [0.29, 0.717) is 6.04 Å². The fourth-order valence-electron chi connectivity index (χ4n) is 4.19. The van der Waals surface area contributed by atoms with Crippen LogP contribution >= 0.6 is 0 Å². The molecule has 3 heteroatoms. The Morgan fingerprint density at radius 1 is 1.19 bits per heavy atom. The van der Waals surface area contributed by atoms with Crippen molar-refractivity contribution < 1.29 is 4.74 Å². The zero-order valence-electron chi connectivity index (χ0n) is 14.4. The minimum absolute atomic E-state index is 0.673. The van der Waals surface area contributed by atoms with Crippen LogP contribution in [0.2, 0.25) is 0 Å². The van der Waals surface area contributed by atoms with Gasteiger partial charge in [-0.15, -0.1) is 0 Å². The maximum atomic E-state index is 5.63. The largest absolute Gasteiger partial charge is 0.380 e. The summed E-state index contributed by atoms with van der Waals surface area (Å²) in [5.74, 6) is 1.69. The molecule has 1 heterocycles. The molecule has 1 aliphatic carbocycles. The van der Waals surface area contributed by atoms with E-state index in [1.54, 1.807) is 0 Å².